The first-order chi connectivity index (χ1) is 11.1. The summed E-state index contributed by atoms with van der Waals surface area (Å²) in [6.45, 7) is -3.00. The van der Waals surface area contributed by atoms with Crippen molar-refractivity contribution in [2.75, 3.05) is 0 Å². The van der Waals surface area contributed by atoms with Crippen molar-refractivity contribution in [1.29, 1.82) is 0 Å². The maximum atomic E-state index is 13.7. The normalized spacial score (nSPS) is 28.1. The van der Waals surface area contributed by atoms with Gasteiger partial charge in [-0.2, -0.15) is 8.78 Å². The Morgan fingerprint density at radius 1 is 1.04 bits per heavy atom. The molecule has 0 spiro atoms. The van der Waals surface area contributed by atoms with E-state index < -0.39 is 18.2 Å². The highest BCUT2D eigenvalue weighted by atomic mass is 19.3. The van der Waals surface area contributed by atoms with Gasteiger partial charge in [-0.1, -0.05) is 43.9 Å². The Morgan fingerprint density at radius 3 is 2.57 bits per heavy atom. The van der Waals surface area contributed by atoms with Crippen LogP contribution in [-0.2, 0) is 0 Å². The third-order valence-corrected chi connectivity index (χ3v) is 5.31. The molecule has 2 aliphatic carbocycles. The van der Waals surface area contributed by atoms with Gasteiger partial charge in [-0.05, 0) is 54.7 Å². The van der Waals surface area contributed by atoms with E-state index in [2.05, 4.69) is 10.8 Å². The molecular formula is C19H23F3O. The molecule has 4 heteroatoms. The molecule has 23 heavy (non-hydrogen) atoms. The Bertz CT molecular complexity index is 556. The van der Waals surface area contributed by atoms with E-state index in [1.54, 1.807) is 6.07 Å². The Hall–Kier alpha value is -1.45. The summed E-state index contributed by atoms with van der Waals surface area (Å²) in [5.74, 6) is 1.17. The van der Waals surface area contributed by atoms with Crippen LogP contribution in [0.3, 0.4) is 0 Å². The summed E-state index contributed by atoms with van der Waals surface area (Å²) in [6.07, 6.45) is 13.3. The van der Waals surface area contributed by atoms with Gasteiger partial charge in [-0.15, -0.1) is 0 Å². The first kappa shape index (κ1) is 16.4. The zero-order valence-corrected chi connectivity index (χ0v) is 13.2. The summed E-state index contributed by atoms with van der Waals surface area (Å²) in [4.78, 5) is 0. The van der Waals surface area contributed by atoms with Crippen molar-refractivity contribution >= 4 is 6.08 Å². The Labute approximate surface area is 135 Å². The maximum absolute atomic E-state index is 13.7. The van der Waals surface area contributed by atoms with E-state index >= 15 is 0 Å². The van der Waals surface area contributed by atoms with Crippen LogP contribution in [0.4, 0.5) is 13.2 Å². The topological polar surface area (TPSA) is 9.23 Å². The summed E-state index contributed by atoms with van der Waals surface area (Å²) in [5.41, 5.74) is 0.690. The van der Waals surface area contributed by atoms with Crippen molar-refractivity contribution in [3.05, 3.63) is 35.7 Å². The minimum atomic E-state index is -3.00. The van der Waals surface area contributed by atoms with Gasteiger partial charge in [0, 0.05) is 0 Å². The second-order valence-corrected chi connectivity index (χ2v) is 6.81. The molecule has 0 saturated heterocycles. The largest absolute Gasteiger partial charge is 0.432 e. The molecule has 0 radical (unpaired) electrons. The molecule has 0 aromatic heterocycles. The fourth-order valence-corrected chi connectivity index (χ4v) is 4.14. The van der Waals surface area contributed by atoms with Crippen LogP contribution < -0.4 is 4.74 Å². The lowest BCUT2D eigenvalue weighted by atomic mass is 9.67. The first-order valence-electron chi connectivity index (χ1n) is 8.54. The van der Waals surface area contributed by atoms with Crippen LogP contribution in [0.15, 0.2) is 24.3 Å². The Kier molecular flexibility index (Phi) is 5.29. The van der Waals surface area contributed by atoms with Crippen LogP contribution in [0.25, 0.3) is 6.08 Å². The average Bonchev–Trinajstić information content (AvgIpc) is 2.54. The lowest BCUT2D eigenvalue weighted by Crippen LogP contribution is -2.26. The van der Waals surface area contributed by atoms with Crippen molar-refractivity contribution in [1.82, 2.24) is 0 Å². The van der Waals surface area contributed by atoms with E-state index in [1.165, 1.54) is 57.1 Å². The number of hydrogen-bond donors (Lipinski definition) is 0. The quantitative estimate of drug-likeness (QED) is 0.655. The van der Waals surface area contributed by atoms with Crippen molar-refractivity contribution in [2.24, 2.45) is 17.8 Å². The molecule has 2 aliphatic rings. The SMILES string of the molecule is Fc1cc(/C=C/C2CCC3CCCCC3C2)ccc1OC(F)F. The number of fused-ring (bicyclic) bond motifs is 1. The van der Waals surface area contributed by atoms with Crippen molar-refractivity contribution in [3.63, 3.8) is 0 Å². The van der Waals surface area contributed by atoms with Crippen LogP contribution in [0.5, 0.6) is 5.75 Å². The van der Waals surface area contributed by atoms with Gasteiger partial charge in [0.1, 0.15) is 0 Å². The van der Waals surface area contributed by atoms with Crippen LogP contribution in [0.1, 0.15) is 50.5 Å². The molecule has 126 valence electrons. The first-order valence-corrected chi connectivity index (χ1v) is 8.54. The second-order valence-electron chi connectivity index (χ2n) is 6.81. The standard InChI is InChI=1S/C19H23F3O/c20-17-12-14(8-10-18(17)23-19(21)22)6-5-13-7-9-15-3-1-2-4-16(15)11-13/h5-6,8,10,12-13,15-16,19H,1-4,7,9,11H2/b6-5+. The zero-order valence-electron chi connectivity index (χ0n) is 13.2. The zero-order chi connectivity index (χ0) is 16.2. The second kappa shape index (κ2) is 7.41. The van der Waals surface area contributed by atoms with E-state index in [1.807, 2.05) is 6.08 Å². The van der Waals surface area contributed by atoms with Crippen LogP contribution in [0, 0.1) is 23.6 Å². The summed E-state index contributed by atoms with van der Waals surface area (Å²) >= 11 is 0. The third-order valence-electron chi connectivity index (χ3n) is 5.31. The van der Waals surface area contributed by atoms with Crippen molar-refractivity contribution < 1.29 is 17.9 Å². The molecule has 0 N–H and O–H groups in total. The molecule has 0 amide bonds. The molecule has 0 heterocycles. The number of hydrogen-bond acceptors (Lipinski definition) is 1. The fourth-order valence-electron chi connectivity index (χ4n) is 4.14. The predicted octanol–water partition coefficient (Wildman–Crippen LogP) is 6.05. The highest BCUT2D eigenvalue weighted by molar-refractivity contribution is 5.51. The van der Waals surface area contributed by atoms with Gasteiger partial charge in [0.15, 0.2) is 11.6 Å². The fraction of sp³-hybridized carbons (Fsp3) is 0.579. The minimum absolute atomic E-state index is 0.403. The van der Waals surface area contributed by atoms with Gasteiger partial charge >= 0.3 is 6.61 Å². The minimum Gasteiger partial charge on any atom is -0.432 e. The van der Waals surface area contributed by atoms with Crippen LogP contribution in [0.2, 0.25) is 0 Å². The highest BCUT2D eigenvalue weighted by Gasteiger charge is 2.30. The molecule has 2 fully saturated rings. The lowest BCUT2D eigenvalue weighted by molar-refractivity contribution is -0.0521. The van der Waals surface area contributed by atoms with E-state index in [4.69, 9.17) is 0 Å². The summed E-state index contributed by atoms with van der Waals surface area (Å²) in [6, 6.07) is 4.13. The molecule has 3 rings (SSSR count). The molecule has 3 unspecified atom stereocenters. The van der Waals surface area contributed by atoms with E-state index in [0.717, 1.165) is 11.8 Å². The smallest absolute Gasteiger partial charge is 0.387 e. The van der Waals surface area contributed by atoms with Gasteiger partial charge < -0.3 is 4.74 Å². The summed E-state index contributed by atoms with van der Waals surface area (Å²) in [7, 11) is 0. The average molecular weight is 324 g/mol. The van der Waals surface area contributed by atoms with E-state index in [-0.39, 0.29) is 0 Å². The number of halogens is 3. The summed E-state index contributed by atoms with van der Waals surface area (Å²) < 4.78 is 42.1. The molecule has 0 bridgehead atoms. The van der Waals surface area contributed by atoms with Gasteiger partial charge in [-0.3, -0.25) is 0 Å². The molecule has 3 atom stereocenters. The van der Waals surface area contributed by atoms with Crippen LogP contribution in [-0.4, -0.2) is 6.61 Å². The summed E-state index contributed by atoms with van der Waals surface area (Å²) in [5, 5.41) is 0. The number of benzene rings is 1. The highest BCUT2D eigenvalue weighted by Crippen LogP contribution is 2.43. The Morgan fingerprint density at radius 2 is 1.83 bits per heavy atom. The van der Waals surface area contributed by atoms with E-state index in [9.17, 15) is 13.2 Å². The predicted molar refractivity (Wildman–Crippen MR) is 84.9 cm³/mol. The third kappa shape index (κ3) is 4.30. The van der Waals surface area contributed by atoms with Gasteiger partial charge in [0.25, 0.3) is 0 Å². The van der Waals surface area contributed by atoms with Crippen molar-refractivity contribution in [3.8, 4) is 5.75 Å². The Balaban J connectivity index is 1.60. The van der Waals surface area contributed by atoms with Gasteiger partial charge in [-0.25, -0.2) is 4.39 Å². The monoisotopic (exact) mass is 324 g/mol. The number of allylic oxidation sites excluding steroid dienone is 1. The van der Waals surface area contributed by atoms with Crippen LogP contribution >= 0.6 is 0 Å². The molecule has 1 nitrogen and oxygen atoms in total. The molecule has 1 aromatic carbocycles. The molecule has 2 saturated carbocycles. The van der Waals surface area contributed by atoms with Crippen molar-refractivity contribution in [2.45, 2.75) is 51.6 Å². The number of ether oxygens (including phenoxy) is 1. The maximum Gasteiger partial charge on any atom is 0.387 e. The molecule has 0 aliphatic heterocycles. The lowest BCUT2D eigenvalue weighted by Gasteiger charge is -2.38. The van der Waals surface area contributed by atoms with Gasteiger partial charge in [0.05, 0.1) is 0 Å². The van der Waals surface area contributed by atoms with E-state index in [0.29, 0.717) is 11.5 Å². The number of rotatable bonds is 4. The van der Waals surface area contributed by atoms with Gasteiger partial charge in [0.2, 0.25) is 0 Å². The molecular weight excluding hydrogens is 301 g/mol. The number of alkyl halides is 2. The molecule has 1 aromatic rings.